The third kappa shape index (κ3) is 54.0. The lowest BCUT2D eigenvalue weighted by molar-refractivity contribution is -0.870. The molecule has 0 saturated heterocycles. The average Bonchev–Trinajstić information content (AvgIpc) is 3.32. The number of nitrogens with zero attached hydrogens (tertiary/aromatic N) is 1. The van der Waals surface area contributed by atoms with Crippen LogP contribution in [0.15, 0.2) is 109 Å². The molecule has 1 N–H and O–H groups in total. The van der Waals surface area contributed by atoms with Crippen molar-refractivity contribution in [1.82, 2.24) is 0 Å². The molecule has 0 aliphatic carbocycles. The molecule has 9 nitrogen and oxygen atoms in total. The highest BCUT2D eigenvalue weighted by molar-refractivity contribution is 7.47. The molecular formula is C60H103NO8P+. The van der Waals surface area contributed by atoms with E-state index < -0.39 is 26.5 Å². The lowest BCUT2D eigenvalue weighted by Gasteiger charge is -2.24. The van der Waals surface area contributed by atoms with Crippen molar-refractivity contribution >= 4 is 19.8 Å². The summed E-state index contributed by atoms with van der Waals surface area (Å²) in [5.74, 6) is -0.825. The number of hydrogen-bond donors (Lipinski definition) is 1. The summed E-state index contributed by atoms with van der Waals surface area (Å²) < 4.78 is 34.4. The number of carbonyl (C=O) groups excluding carboxylic acids is 2. The molecule has 2 unspecified atom stereocenters. The van der Waals surface area contributed by atoms with Crippen LogP contribution in [0.25, 0.3) is 0 Å². The van der Waals surface area contributed by atoms with E-state index in [2.05, 4.69) is 123 Å². The van der Waals surface area contributed by atoms with Gasteiger partial charge in [-0.15, -0.1) is 0 Å². The number of quaternary nitrogens is 1. The van der Waals surface area contributed by atoms with Crippen molar-refractivity contribution in [3.8, 4) is 0 Å². The number of esters is 2. The SMILES string of the molecule is CC/C=C\C/C=C\C/C=C\C/C=C\C/C=C\C/C=C\C/C=C\C/C=C\CCCCCCCCCCC(=O)OC(COC(=O)CCCCCCC/C=C\CCCCCC)COP(=O)(O)OCC[N+](C)(C)C. The molecule has 10 heteroatoms. The Morgan fingerprint density at radius 2 is 0.814 bits per heavy atom. The van der Waals surface area contributed by atoms with Gasteiger partial charge in [0.25, 0.3) is 0 Å². The first-order chi connectivity index (χ1) is 34.0. The highest BCUT2D eigenvalue weighted by atomic mass is 31.2. The van der Waals surface area contributed by atoms with E-state index in [9.17, 15) is 19.0 Å². The monoisotopic (exact) mass is 997 g/mol. The molecule has 0 saturated carbocycles. The predicted octanol–water partition coefficient (Wildman–Crippen LogP) is 17.0. The minimum atomic E-state index is -4.39. The van der Waals surface area contributed by atoms with Gasteiger partial charge < -0.3 is 18.9 Å². The summed E-state index contributed by atoms with van der Waals surface area (Å²) >= 11 is 0. The number of rotatable bonds is 49. The van der Waals surface area contributed by atoms with Crippen molar-refractivity contribution in [2.45, 2.75) is 213 Å². The molecule has 2 atom stereocenters. The molecular weight excluding hydrogens is 894 g/mol. The molecule has 0 aliphatic heterocycles. The smallest absolute Gasteiger partial charge is 0.462 e. The van der Waals surface area contributed by atoms with Gasteiger partial charge in [0.2, 0.25) is 0 Å². The first kappa shape index (κ1) is 66.7. The number of ether oxygens (including phenoxy) is 2. The van der Waals surface area contributed by atoms with Gasteiger partial charge in [-0.05, 0) is 103 Å². The van der Waals surface area contributed by atoms with Crippen LogP contribution < -0.4 is 0 Å². The lowest BCUT2D eigenvalue weighted by atomic mass is 10.1. The molecule has 0 fully saturated rings. The summed E-state index contributed by atoms with van der Waals surface area (Å²) in [6.07, 6.45) is 70.1. The Kier molecular flexibility index (Phi) is 48.2. The van der Waals surface area contributed by atoms with Gasteiger partial charge in [0.1, 0.15) is 19.8 Å². The van der Waals surface area contributed by atoms with E-state index in [1.54, 1.807) is 0 Å². The largest absolute Gasteiger partial charge is 0.472 e. The number of allylic oxidation sites excluding steroid dienone is 18. The predicted molar refractivity (Wildman–Crippen MR) is 298 cm³/mol. The van der Waals surface area contributed by atoms with Crippen molar-refractivity contribution in [3.05, 3.63) is 109 Å². The Bertz CT molecular complexity index is 1550. The molecule has 70 heavy (non-hydrogen) atoms. The van der Waals surface area contributed by atoms with Crippen LogP contribution in [-0.4, -0.2) is 74.9 Å². The number of likely N-dealkylation sites (N-methyl/N-ethyl adjacent to an activating group) is 1. The first-order valence-corrected chi connectivity index (χ1v) is 29.1. The minimum absolute atomic E-state index is 0.0234. The fourth-order valence-corrected chi connectivity index (χ4v) is 7.77. The molecule has 0 aliphatic rings. The number of phosphoric ester groups is 1. The molecule has 400 valence electrons. The van der Waals surface area contributed by atoms with Crippen LogP contribution in [0.4, 0.5) is 0 Å². The van der Waals surface area contributed by atoms with Crippen molar-refractivity contribution in [3.63, 3.8) is 0 Å². The Labute approximate surface area is 429 Å². The molecule has 0 aromatic heterocycles. The number of hydrogen-bond acceptors (Lipinski definition) is 7. The van der Waals surface area contributed by atoms with Gasteiger partial charge in [0.15, 0.2) is 6.10 Å². The van der Waals surface area contributed by atoms with Gasteiger partial charge in [0, 0.05) is 12.8 Å². The van der Waals surface area contributed by atoms with E-state index in [1.165, 1.54) is 57.8 Å². The fourth-order valence-electron chi connectivity index (χ4n) is 7.02. The van der Waals surface area contributed by atoms with Crippen LogP contribution in [-0.2, 0) is 32.7 Å². The standard InChI is InChI=1S/C60H102NO8P/c1-6-8-10-12-14-16-18-20-21-22-23-24-25-26-27-28-29-30-31-32-33-34-35-36-37-38-39-41-43-45-47-49-51-53-60(63)69-58(57-68-70(64,65)67-55-54-61(3,4)5)56-66-59(62)52-50-48-46-44-42-40-19-17-15-13-11-9-7-2/h8,10,14,16-17,19-21,23-24,26-27,29-30,32-33,35-36,58H,6-7,9,11-13,15,18,22,25,28,31,34,37-57H2,1-5H3/p+1/b10-8-,16-14-,19-17-,21-20-,24-23-,27-26-,30-29-,33-32-,36-35-. The first-order valence-electron chi connectivity index (χ1n) is 27.6. The second-order valence-electron chi connectivity index (χ2n) is 19.2. The van der Waals surface area contributed by atoms with Gasteiger partial charge in [-0.2, -0.15) is 0 Å². The molecule has 0 heterocycles. The number of unbranched alkanes of at least 4 members (excludes halogenated alkanes) is 17. The van der Waals surface area contributed by atoms with E-state index in [0.29, 0.717) is 17.4 Å². The third-order valence-electron chi connectivity index (χ3n) is 11.3. The van der Waals surface area contributed by atoms with Crippen molar-refractivity contribution in [2.24, 2.45) is 0 Å². The third-order valence-corrected chi connectivity index (χ3v) is 12.3. The zero-order chi connectivity index (χ0) is 51.3. The fraction of sp³-hybridized carbons (Fsp3) is 0.667. The lowest BCUT2D eigenvalue weighted by Crippen LogP contribution is -2.37. The second kappa shape index (κ2) is 50.6. The summed E-state index contributed by atoms with van der Waals surface area (Å²) in [5.41, 5.74) is 0. The molecule has 0 rings (SSSR count). The van der Waals surface area contributed by atoms with Crippen LogP contribution in [0.1, 0.15) is 206 Å². The van der Waals surface area contributed by atoms with Crippen molar-refractivity contribution in [1.29, 1.82) is 0 Å². The molecule has 0 aromatic carbocycles. The zero-order valence-corrected chi connectivity index (χ0v) is 46.1. The van der Waals surface area contributed by atoms with E-state index in [1.807, 2.05) is 21.1 Å². The second-order valence-corrected chi connectivity index (χ2v) is 20.7. The summed E-state index contributed by atoms with van der Waals surface area (Å²) in [7, 11) is 1.45. The summed E-state index contributed by atoms with van der Waals surface area (Å²) in [6.45, 7) is 4.26. The van der Waals surface area contributed by atoms with Crippen LogP contribution >= 0.6 is 7.82 Å². The Morgan fingerprint density at radius 1 is 0.457 bits per heavy atom. The highest BCUT2D eigenvalue weighted by Crippen LogP contribution is 2.43. The van der Waals surface area contributed by atoms with Crippen LogP contribution in [0.2, 0.25) is 0 Å². The summed E-state index contributed by atoms with van der Waals surface area (Å²) in [6, 6.07) is 0. The van der Waals surface area contributed by atoms with Gasteiger partial charge in [-0.25, -0.2) is 4.57 Å². The molecule has 0 radical (unpaired) electrons. The van der Waals surface area contributed by atoms with E-state index in [0.717, 1.165) is 116 Å². The van der Waals surface area contributed by atoms with Crippen molar-refractivity contribution < 1.29 is 42.1 Å². The van der Waals surface area contributed by atoms with E-state index >= 15 is 0 Å². The highest BCUT2D eigenvalue weighted by Gasteiger charge is 2.27. The Morgan fingerprint density at radius 3 is 1.23 bits per heavy atom. The molecule has 0 aromatic rings. The van der Waals surface area contributed by atoms with Gasteiger partial charge in [-0.3, -0.25) is 18.6 Å². The number of carbonyl (C=O) groups is 2. The Balaban J connectivity index is 4.18. The van der Waals surface area contributed by atoms with Gasteiger partial charge in [0.05, 0.1) is 27.7 Å². The Hall–Kier alpha value is -3.33. The minimum Gasteiger partial charge on any atom is -0.462 e. The maximum absolute atomic E-state index is 12.8. The van der Waals surface area contributed by atoms with E-state index in [-0.39, 0.29) is 32.0 Å². The summed E-state index contributed by atoms with van der Waals surface area (Å²) in [4.78, 5) is 35.5. The van der Waals surface area contributed by atoms with Gasteiger partial charge in [-0.1, -0.05) is 200 Å². The maximum Gasteiger partial charge on any atom is 0.472 e. The van der Waals surface area contributed by atoms with Crippen LogP contribution in [0.5, 0.6) is 0 Å². The quantitative estimate of drug-likeness (QED) is 0.0211. The average molecular weight is 997 g/mol. The van der Waals surface area contributed by atoms with Crippen LogP contribution in [0.3, 0.4) is 0 Å². The van der Waals surface area contributed by atoms with Crippen LogP contribution in [0, 0.1) is 0 Å². The number of phosphoric acid groups is 1. The summed E-state index contributed by atoms with van der Waals surface area (Å²) in [5, 5.41) is 0. The van der Waals surface area contributed by atoms with Crippen molar-refractivity contribution in [2.75, 3.05) is 47.5 Å². The maximum atomic E-state index is 12.8. The normalized spacial score (nSPS) is 14.2. The van der Waals surface area contributed by atoms with Gasteiger partial charge >= 0.3 is 19.8 Å². The topological polar surface area (TPSA) is 108 Å². The zero-order valence-electron chi connectivity index (χ0n) is 45.2. The molecule has 0 spiro atoms. The molecule has 0 amide bonds. The molecule has 0 bridgehead atoms. The van der Waals surface area contributed by atoms with E-state index in [4.69, 9.17) is 18.5 Å².